The summed E-state index contributed by atoms with van der Waals surface area (Å²) < 4.78 is 0. The molecule has 3 nitrogen and oxygen atoms in total. The molecule has 0 spiro atoms. The molecular weight excluding hydrogens is 250 g/mol. The summed E-state index contributed by atoms with van der Waals surface area (Å²) in [4.78, 5) is 14.5. The molecule has 20 heavy (non-hydrogen) atoms. The highest BCUT2D eigenvalue weighted by atomic mass is 16.4. The minimum absolute atomic E-state index is 0.105. The molecule has 2 rings (SSSR count). The van der Waals surface area contributed by atoms with Gasteiger partial charge in [-0.2, -0.15) is 0 Å². The molecule has 1 aromatic carbocycles. The Kier molecular flexibility index (Phi) is 5.22. The summed E-state index contributed by atoms with van der Waals surface area (Å²) in [6.45, 7) is 2.21. The molecule has 0 aliphatic heterocycles. The molecule has 1 heterocycles. The Balaban J connectivity index is 2.12. The van der Waals surface area contributed by atoms with Gasteiger partial charge in [0.2, 0.25) is 0 Å². The summed E-state index contributed by atoms with van der Waals surface area (Å²) in [7, 11) is 0. The number of rotatable bonds is 8. The second-order valence-electron chi connectivity index (χ2n) is 5.36. The van der Waals surface area contributed by atoms with Crippen molar-refractivity contribution in [1.29, 1.82) is 0 Å². The number of hydrogen-bond donors (Lipinski definition) is 2. The Bertz CT molecular complexity index is 571. The van der Waals surface area contributed by atoms with Gasteiger partial charge in [0.25, 0.3) is 0 Å². The molecule has 0 atom stereocenters. The monoisotopic (exact) mass is 273 g/mol. The largest absolute Gasteiger partial charge is 0.481 e. The van der Waals surface area contributed by atoms with E-state index >= 15 is 0 Å². The minimum Gasteiger partial charge on any atom is -0.481 e. The molecule has 3 heteroatoms. The van der Waals surface area contributed by atoms with Crippen molar-refractivity contribution < 1.29 is 9.90 Å². The lowest BCUT2D eigenvalue weighted by Gasteiger charge is -2.03. The van der Waals surface area contributed by atoms with Gasteiger partial charge in [0, 0.05) is 16.6 Å². The molecule has 108 valence electrons. The first-order chi connectivity index (χ1) is 9.72. The smallest absolute Gasteiger partial charge is 0.307 e. The summed E-state index contributed by atoms with van der Waals surface area (Å²) >= 11 is 0. The lowest BCUT2D eigenvalue weighted by atomic mass is 10.0. The summed E-state index contributed by atoms with van der Waals surface area (Å²) in [6, 6.07) is 7.97. The van der Waals surface area contributed by atoms with Crippen molar-refractivity contribution in [2.45, 2.75) is 51.9 Å². The van der Waals surface area contributed by atoms with E-state index in [1.165, 1.54) is 25.7 Å². The van der Waals surface area contributed by atoms with Crippen LogP contribution in [0.4, 0.5) is 0 Å². The minimum atomic E-state index is -0.762. The van der Waals surface area contributed by atoms with Crippen molar-refractivity contribution >= 4 is 16.9 Å². The number of carboxylic acids is 1. The number of para-hydroxylation sites is 1. The topological polar surface area (TPSA) is 53.1 Å². The second-order valence-corrected chi connectivity index (χ2v) is 5.36. The molecular formula is C17H23NO2. The van der Waals surface area contributed by atoms with Gasteiger partial charge in [-0.25, -0.2) is 0 Å². The third kappa shape index (κ3) is 3.62. The number of aromatic nitrogens is 1. The predicted octanol–water partition coefficient (Wildman–Crippen LogP) is 4.31. The van der Waals surface area contributed by atoms with Gasteiger partial charge in [0.15, 0.2) is 0 Å². The van der Waals surface area contributed by atoms with Crippen LogP contribution >= 0.6 is 0 Å². The Labute approximate surface area is 120 Å². The molecule has 0 aliphatic carbocycles. The van der Waals surface area contributed by atoms with E-state index in [0.717, 1.165) is 35.0 Å². The lowest BCUT2D eigenvalue weighted by Crippen LogP contribution is -2.02. The number of carboxylic acid groups (broad SMARTS) is 1. The molecule has 1 aromatic heterocycles. The standard InChI is InChI=1S/C17H23NO2/c1-2-3-4-5-6-10-16-14(12-17(19)20)13-9-7-8-11-15(13)18-16/h7-9,11,18H,2-6,10,12H2,1H3,(H,19,20). The zero-order chi connectivity index (χ0) is 14.4. The number of benzene rings is 1. The van der Waals surface area contributed by atoms with Crippen molar-refractivity contribution in [2.75, 3.05) is 0 Å². The van der Waals surface area contributed by atoms with Crippen molar-refractivity contribution in [3.63, 3.8) is 0 Å². The number of fused-ring (bicyclic) bond motifs is 1. The van der Waals surface area contributed by atoms with Crippen LogP contribution in [0.25, 0.3) is 10.9 Å². The van der Waals surface area contributed by atoms with E-state index in [-0.39, 0.29) is 6.42 Å². The van der Waals surface area contributed by atoms with Crippen LogP contribution in [-0.4, -0.2) is 16.1 Å². The van der Waals surface area contributed by atoms with Crippen LogP contribution < -0.4 is 0 Å². The normalized spacial score (nSPS) is 11.1. The van der Waals surface area contributed by atoms with Crippen LogP contribution in [-0.2, 0) is 17.6 Å². The van der Waals surface area contributed by atoms with E-state index in [4.69, 9.17) is 5.11 Å². The van der Waals surface area contributed by atoms with E-state index in [0.29, 0.717) is 0 Å². The van der Waals surface area contributed by atoms with Crippen LogP contribution in [0.15, 0.2) is 24.3 Å². The quantitative estimate of drug-likeness (QED) is 0.704. The summed E-state index contributed by atoms with van der Waals surface area (Å²) in [5, 5.41) is 10.2. The Hall–Kier alpha value is -1.77. The van der Waals surface area contributed by atoms with Crippen LogP contribution in [0.5, 0.6) is 0 Å². The molecule has 0 bridgehead atoms. The molecule has 0 saturated heterocycles. The average molecular weight is 273 g/mol. The zero-order valence-corrected chi connectivity index (χ0v) is 12.1. The Morgan fingerprint density at radius 1 is 1.15 bits per heavy atom. The van der Waals surface area contributed by atoms with Crippen molar-refractivity contribution in [3.8, 4) is 0 Å². The molecule has 2 aromatic rings. The Morgan fingerprint density at radius 3 is 2.65 bits per heavy atom. The summed E-state index contributed by atoms with van der Waals surface area (Å²) in [5.41, 5.74) is 3.11. The van der Waals surface area contributed by atoms with E-state index < -0.39 is 5.97 Å². The van der Waals surface area contributed by atoms with Crippen molar-refractivity contribution in [3.05, 3.63) is 35.5 Å². The van der Waals surface area contributed by atoms with Gasteiger partial charge < -0.3 is 10.1 Å². The number of carbonyl (C=O) groups is 1. The number of hydrogen-bond acceptors (Lipinski definition) is 1. The highest BCUT2D eigenvalue weighted by Gasteiger charge is 2.13. The SMILES string of the molecule is CCCCCCCc1[nH]c2ccccc2c1CC(=O)O. The summed E-state index contributed by atoms with van der Waals surface area (Å²) in [6.07, 6.45) is 7.20. The number of aliphatic carboxylic acids is 1. The van der Waals surface area contributed by atoms with E-state index in [1.54, 1.807) is 0 Å². The Morgan fingerprint density at radius 2 is 1.90 bits per heavy atom. The molecule has 0 unspecified atom stereocenters. The first-order valence-electron chi connectivity index (χ1n) is 7.52. The zero-order valence-electron chi connectivity index (χ0n) is 12.1. The number of aromatic amines is 1. The van der Waals surface area contributed by atoms with Crippen molar-refractivity contribution in [2.24, 2.45) is 0 Å². The van der Waals surface area contributed by atoms with Gasteiger partial charge in [-0.1, -0.05) is 50.8 Å². The number of H-pyrrole nitrogens is 1. The van der Waals surface area contributed by atoms with Gasteiger partial charge in [0.1, 0.15) is 0 Å². The third-order valence-electron chi connectivity index (χ3n) is 3.76. The number of unbranched alkanes of at least 4 members (excludes halogenated alkanes) is 4. The van der Waals surface area contributed by atoms with Crippen molar-refractivity contribution in [1.82, 2.24) is 4.98 Å². The third-order valence-corrected chi connectivity index (χ3v) is 3.76. The molecule has 0 amide bonds. The van der Waals surface area contributed by atoms with Gasteiger partial charge in [-0.3, -0.25) is 4.79 Å². The average Bonchev–Trinajstić information content (AvgIpc) is 2.76. The van der Waals surface area contributed by atoms with E-state index in [2.05, 4.69) is 11.9 Å². The van der Waals surface area contributed by atoms with E-state index in [1.807, 2.05) is 24.3 Å². The fourth-order valence-corrected chi connectivity index (χ4v) is 2.73. The van der Waals surface area contributed by atoms with Gasteiger partial charge >= 0.3 is 5.97 Å². The second kappa shape index (κ2) is 7.13. The van der Waals surface area contributed by atoms with E-state index in [9.17, 15) is 4.79 Å². The number of aryl methyl sites for hydroxylation is 1. The highest BCUT2D eigenvalue weighted by molar-refractivity contribution is 5.88. The fraction of sp³-hybridized carbons (Fsp3) is 0.471. The maximum Gasteiger partial charge on any atom is 0.307 e. The maximum absolute atomic E-state index is 11.1. The van der Waals surface area contributed by atoms with Crippen LogP contribution in [0, 0.1) is 0 Å². The summed E-state index contributed by atoms with van der Waals surface area (Å²) in [5.74, 6) is -0.762. The number of nitrogens with one attached hydrogen (secondary N) is 1. The molecule has 2 N–H and O–H groups in total. The van der Waals surface area contributed by atoms with Gasteiger partial charge in [-0.05, 0) is 24.5 Å². The van der Waals surface area contributed by atoms with Gasteiger partial charge in [-0.15, -0.1) is 0 Å². The first-order valence-corrected chi connectivity index (χ1v) is 7.52. The molecule has 0 radical (unpaired) electrons. The maximum atomic E-state index is 11.1. The predicted molar refractivity (Wildman–Crippen MR) is 82.1 cm³/mol. The molecule has 0 saturated carbocycles. The van der Waals surface area contributed by atoms with Crippen LogP contribution in [0.1, 0.15) is 50.3 Å². The lowest BCUT2D eigenvalue weighted by molar-refractivity contribution is -0.136. The first kappa shape index (κ1) is 14.6. The van der Waals surface area contributed by atoms with Gasteiger partial charge in [0.05, 0.1) is 6.42 Å². The molecule has 0 aliphatic rings. The van der Waals surface area contributed by atoms with Crippen LogP contribution in [0.2, 0.25) is 0 Å². The highest BCUT2D eigenvalue weighted by Crippen LogP contribution is 2.24. The fourth-order valence-electron chi connectivity index (χ4n) is 2.73. The van der Waals surface area contributed by atoms with Crippen LogP contribution in [0.3, 0.4) is 0 Å². The molecule has 0 fully saturated rings.